The van der Waals surface area contributed by atoms with Crippen molar-refractivity contribution in [2.24, 2.45) is 11.3 Å². The molecule has 0 spiro atoms. The summed E-state index contributed by atoms with van der Waals surface area (Å²) >= 11 is 20.5. The zero-order valence-corrected chi connectivity index (χ0v) is 64.2. The summed E-state index contributed by atoms with van der Waals surface area (Å²) in [6, 6.07) is 0. The smallest absolute Gasteiger partial charge is 0.309 e. The van der Waals surface area contributed by atoms with Crippen molar-refractivity contribution in [2.75, 3.05) is 66.1 Å². The summed E-state index contributed by atoms with van der Waals surface area (Å²) in [5.74, 6) is -0.424. The molecule has 22 nitrogen and oxygen atoms in total. The van der Waals surface area contributed by atoms with Crippen LogP contribution in [0.2, 0.25) is 0 Å². The van der Waals surface area contributed by atoms with Gasteiger partial charge < -0.3 is 107 Å². The third-order valence-corrected chi connectivity index (χ3v) is 19.5. The first kappa shape index (κ1) is 108. The summed E-state index contributed by atoms with van der Waals surface area (Å²) in [6.07, 6.45) is 36.2. The lowest BCUT2D eigenvalue weighted by atomic mass is 9.65. The number of carbonyl (C=O) groups is 1. The van der Waals surface area contributed by atoms with E-state index >= 15 is 0 Å². The SMILES string of the molecule is CCCCCCCCCC(S)CCC(CCC(S)CCCCCCCCC)C(CCC(S)CCCCCCCCC)(CCC(S)CCCCCCCCC)C(=O)O.OC[C@@H](O)[C@@H](O)CO.OC[C@@H](O)[C@@H](O)CO.OC[C@@H](O)[C@@H](O)CO.OC[C@@H](O)[C@@H](O)CO.OC[C@@H](O)[C@@H](O)CO. The predicted molar refractivity (Wildman–Crippen MR) is 403 cm³/mol. The lowest BCUT2D eigenvalue weighted by molar-refractivity contribution is -0.155. The minimum atomic E-state index is -1.22. The third-order valence-electron chi connectivity index (χ3n) is 17.4. The van der Waals surface area contributed by atoms with Gasteiger partial charge in [0.25, 0.3) is 0 Å². The highest BCUT2D eigenvalue weighted by molar-refractivity contribution is 7.81. The van der Waals surface area contributed by atoms with Crippen LogP contribution in [-0.2, 0) is 4.79 Å². The number of unbranched alkanes of at least 4 members (excludes halogenated alkanes) is 24. The highest BCUT2D eigenvalue weighted by Gasteiger charge is 2.45. The molecule has 0 aromatic rings. The lowest BCUT2D eigenvalue weighted by Crippen LogP contribution is -2.40. The molecule has 592 valence electrons. The zero-order valence-electron chi connectivity index (χ0n) is 60.6. The molecule has 0 rings (SSSR count). The lowest BCUT2D eigenvalue weighted by Gasteiger charge is -2.40. The average Bonchev–Trinajstić information content (AvgIpc) is 0.807. The summed E-state index contributed by atoms with van der Waals surface area (Å²) in [4.78, 5) is 13.9. The zero-order chi connectivity index (χ0) is 75.1. The maximum Gasteiger partial charge on any atom is 0.309 e. The minimum absolute atomic E-state index is 0.139. The van der Waals surface area contributed by atoms with Crippen LogP contribution in [-0.4, -0.2) is 261 Å². The van der Waals surface area contributed by atoms with E-state index < -0.39 is 138 Å². The standard InChI is InChI=1S/C51H102O2S4.5C4H10O4/c1-5-9-13-17-21-25-29-33-46(54)39-37-45(38-40-47(55)34-30-26-22-18-14-10-6-2)51(50(52)53,43-41-48(56)35-31-27-23-19-15-11-7-3)44-42-49(57)36-32-28-24-20-16-12-8-4;5*5-1-3(7)4(8)2-6/h45-49,54-57H,5-44H2,1-4H3,(H,52,53);5*3-8H,1-2H2/t;5*3-,4+. The van der Waals surface area contributed by atoms with Gasteiger partial charge in [-0.2, -0.15) is 50.5 Å². The third kappa shape index (κ3) is 70.2. The Morgan fingerprint density at radius 3 is 0.557 bits per heavy atom. The molecular weight excluding hydrogens is 1330 g/mol. The second-order valence-electron chi connectivity index (χ2n) is 26.1. The Morgan fingerprint density at radius 1 is 0.247 bits per heavy atom. The van der Waals surface area contributed by atoms with Crippen LogP contribution in [0, 0.1) is 11.3 Å². The molecule has 0 amide bonds. The first-order chi connectivity index (χ1) is 46.3. The van der Waals surface area contributed by atoms with Crippen LogP contribution < -0.4 is 0 Å². The van der Waals surface area contributed by atoms with E-state index in [1.54, 1.807) is 0 Å². The van der Waals surface area contributed by atoms with Crippen molar-refractivity contribution in [1.29, 1.82) is 0 Å². The van der Waals surface area contributed by atoms with E-state index in [1.165, 1.54) is 180 Å². The van der Waals surface area contributed by atoms with Crippen molar-refractivity contribution in [2.45, 2.75) is 367 Å². The highest BCUT2D eigenvalue weighted by atomic mass is 32.1. The number of carboxylic acids is 1. The summed E-state index contributed by atoms with van der Waals surface area (Å²) in [5, 5.41) is 178. The van der Waals surface area contributed by atoms with Crippen LogP contribution in [0.15, 0.2) is 0 Å². The normalized spacial score (nSPS) is 16.6. The largest absolute Gasteiger partial charge is 0.481 e. The van der Waals surface area contributed by atoms with Gasteiger partial charge >= 0.3 is 5.97 Å². The fourth-order valence-electron chi connectivity index (χ4n) is 10.4. The molecule has 0 aliphatic heterocycles. The van der Waals surface area contributed by atoms with Crippen LogP contribution in [0.3, 0.4) is 0 Å². The van der Waals surface area contributed by atoms with Crippen LogP contribution in [0.25, 0.3) is 0 Å². The molecule has 0 fully saturated rings. The van der Waals surface area contributed by atoms with Gasteiger partial charge in [0.05, 0.1) is 71.5 Å². The summed E-state index contributed by atoms with van der Waals surface area (Å²) in [7, 11) is 0. The Kier molecular flexibility index (Phi) is 89.3. The Balaban J connectivity index is -0.000000408. The predicted octanol–water partition coefficient (Wildman–Crippen LogP) is 7.01. The van der Waals surface area contributed by atoms with Crippen LogP contribution in [0.4, 0.5) is 0 Å². The van der Waals surface area contributed by atoms with E-state index in [4.69, 9.17) is 153 Å². The Bertz CT molecular complexity index is 1350. The van der Waals surface area contributed by atoms with Crippen molar-refractivity contribution in [3.63, 3.8) is 0 Å². The number of thiol groups is 4. The van der Waals surface area contributed by atoms with Gasteiger partial charge in [0, 0.05) is 21.0 Å². The van der Waals surface area contributed by atoms with Crippen molar-refractivity contribution < 1.29 is 112 Å². The number of aliphatic carboxylic acids is 1. The van der Waals surface area contributed by atoms with E-state index in [2.05, 4.69) is 27.7 Å². The first-order valence-corrected chi connectivity index (χ1v) is 39.2. The molecule has 0 aliphatic carbocycles. The molecule has 0 radical (unpaired) electrons. The van der Waals surface area contributed by atoms with E-state index in [9.17, 15) is 9.90 Å². The second-order valence-corrected chi connectivity index (χ2v) is 29.1. The Morgan fingerprint density at radius 2 is 0.402 bits per heavy atom. The molecule has 0 heterocycles. The molecule has 0 aliphatic rings. The molecule has 0 aromatic heterocycles. The van der Waals surface area contributed by atoms with Crippen molar-refractivity contribution >= 4 is 56.5 Å². The van der Waals surface area contributed by atoms with E-state index in [0.29, 0.717) is 10.5 Å². The van der Waals surface area contributed by atoms with Crippen molar-refractivity contribution in [3.05, 3.63) is 0 Å². The topological polar surface area (TPSA) is 442 Å². The van der Waals surface area contributed by atoms with Gasteiger partial charge in [-0.25, -0.2) is 0 Å². The molecular formula is C71H152O22S4. The first-order valence-electron chi connectivity index (χ1n) is 37.1. The molecule has 26 heteroatoms. The van der Waals surface area contributed by atoms with Gasteiger partial charge in [0.15, 0.2) is 0 Å². The summed E-state index contributed by atoms with van der Waals surface area (Å²) in [6.45, 7) is 3.87. The molecule has 97 heavy (non-hydrogen) atoms. The average molecular weight is 1490 g/mol. The molecule has 0 bridgehead atoms. The fourth-order valence-corrected chi connectivity index (χ4v) is 11.7. The van der Waals surface area contributed by atoms with Gasteiger partial charge in [-0.05, 0) is 83.0 Å². The number of carboxylic acid groups (broad SMARTS) is 1. The van der Waals surface area contributed by atoms with Crippen LogP contribution >= 0.6 is 50.5 Å². The molecule has 0 saturated carbocycles. The van der Waals surface area contributed by atoms with Crippen LogP contribution in [0.5, 0.6) is 0 Å². The van der Waals surface area contributed by atoms with Crippen molar-refractivity contribution in [3.8, 4) is 0 Å². The number of rotatable bonds is 61. The van der Waals surface area contributed by atoms with Gasteiger partial charge in [-0.15, -0.1) is 0 Å². The van der Waals surface area contributed by atoms with Gasteiger partial charge in [0.2, 0.25) is 0 Å². The van der Waals surface area contributed by atoms with Crippen LogP contribution in [0.1, 0.15) is 285 Å². The molecule has 14 atom stereocenters. The maximum atomic E-state index is 13.9. The highest BCUT2D eigenvalue weighted by Crippen LogP contribution is 2.46. The van der Waals surface area contributed by atoms with Gasteiger partial charge in [-0.1, -0.05) is 207 Å². The number of hydrogen-bond donors (Lipinski definition) is 25. The van der Waals surface area contributed by atoms with E-state index in [0.717, 1.165) is 77.0 Å². The Labute approximate surface area is 609 Å². The second kappa shape index (κ2) is 80.2. The molecule has 21 N–H and O–H groups in total. The summed E-state index contributed by atoms with van der Waals surface area (Å²) < 4.78 is 0. The summed E-state index contributed by atoms with van der Waals surface area (Å²) in [5.41, 5.74) is -0.734. The van der Waals surface area contributed by atoms with Crippen molar-refractivity contribution in [1.82, 2.24) is 0 Å². The molecule has 0 saturated heterocycles. The molecule has 4 unspecified atom stereocenters. The van der Waals surface area contributed by atoms with E-state index in [1.807, 2.05) is 0 Å². The number of hydrogen-bond acceptors (Lipinski definition) is 25. The quantitative estimate of drug-likeness (QED) is 0.0215. The van der Waals surface area contributed by atoms with E-state index in [-0.39, 0.29) is 16.4 Å². The maximum absolute atomic E-state index is 13.9. The number of aliphatic hydroxyl groups is 20. The fraction of sp³-hybridized carbons (Fsp3) is 0.986. The monoisotopic (exact) mass is 1480 g/mol. The van der Waals surface area contributed by atoms with Gasteiger partial charge in [0.1, 0.15) is 61.0 Å². The minimum Gasteiger partial charge on any atom is -0.481 e. The van der Waals surface area contributed by atoms with Gasteiger partial charge in [-0.3, -0.25) is 4.79 Å². The number of aliphatic hydroxyl groups excluding tert-OH is 20. The Hall–Kier alpha value is 0.0700. The molecule has 0 aromatic carbocycles.